The van der Waals surface area contributed by atoms with E-state index in [4.69, 9.17) is 9.26 Å². The third kappa shape index (κ3) is 5.47. The van der Waals surface area contributed by atoms with E-state index in [0.717, 1.165) is 25.7 Å². The second-order valence-corrected chi connectivity index (χ2v) is 4.88. The number of carbonyl (C=O) groups is 2. The van der Waals surface area contributed by atoms with Crippen molar-refractivity contribution < 1.29 is 18.8 Å². The molecular weight excluding hydrogens is 274 g/mol. The van der Waals surface area contributed by atoms with Crippen molar-refractivity contribution in [3.8, 4) is 0 Å². The quantitative estimate of drug-likeness (QED) is 0.565. The first-order valence-electron chi connectivity index (χ1n) is 5.92. The van der Waals surface area contributed by atoms with Gasteiger partial charge in [0.2, 0.25) is 0 Å². The molecule has 1 rings (SSSR count). The molecule has 8 heteroatoms. The maximum Gasteiger partial charge on any atom is 0.318 e. The summed E-state index contributed by atoms with van der Waals surface area (Å²) in [6.45, 7) is 0.391. The van der Waals surface area contributed by atoms with Crippen molar-refractivity contribution in [3.63, 3.8) is 0 Å². The van der Waals surface area contributed by atoms with Crippen LogP contribution in [0.4, 0.5) is 4.79 Å². The largest absolute Gasteiger partial charge is 0.463 e. The highest BCUT2D eigenvalue weighted by molar-refractivity contribution is 7.15. The van der Waals surface area contributed by atoms with E-state index in [2.05, 4.69) is 29.3 Å². The molecular formula is C10H20N2O4P2. The van der Waals surface area contributed by atoms with E-state index in [1.165, 1.54) is 0 Å². The monoisotopic (exact) mass is 294 g/mol. The molecule has 0 spiro atoms. The molecule has 0 bridgehead atoms. The zero-order valence-corrected chi connectivity index (χ0v) is 12.5. The Kier molecular flexibility index (Phi) is 7.48. The van der Waals surface area contributed by atoms with E-state index in [0.29, 0.717) is 0 Å². The molecule has 0 heterocycles. The van der Waals surface area contributed by atoms with Crippen molar-refractivity contribution >= 4 is 30.9 Å². The van der Waals surface area contributed by atoms with Crippen LogP contribution in [0.3, 0.4) is 0 Å². The Morgan fingerprint density at radius 2 is 1.94 bits per heavy atom. The van der Waals surface area contributed by atoms with E-state index >= 15 is 0 Å². The number of hydrogen-bond acceptors (Lipinski definition) is 4. The van der Waals surface area contributed by atoms with Gasteiger partial charge in [0, 0.05) is 9.47 Å². The number of ether oxygens (including phenoxy) is 1. The van der Waals surface area contributed by atoms with E-state index in [-0.39, 0.29) is 37.2 Å². The minimum Gasteiger partial charge on any atom is -0.463 e. The van der Waals surface area contributed by atoms with Crippen LogP contribution in [0.1, 0.15) is 25.7 Å². The molecule has 0 saturated heterocycles. The molecule has 0 aromatic carbocycles. The van der Waals surface area contributed by atoms with Crippen LogP contribution in [0.2, 0.25) is 0 Å². The Balaban J connectivity index is 2.31. The first-order valence-corrected chi connectivity index (χ1v) is 6.97. The molecule has 18 heavy (non-hydrogen) atoms. The predicted octanol–water partition coefficient (Wildman–Crippen LogP) is 0.984. The van der Waals surface area contributed by atoms with E-state index in [9.17, 15) is 9.59 Å². The Labute approximate surface area is 111 Å². The fourth-order valence-electron chi connectivity index (χ4n) is 1.94. The van der Waals surface area contributed by atoms with Gasteiger partial charge in [-0.3, -0.25) is 4.79 Å². The number of hydrogen-bond donors (Lipinski definition) is 2. The number of esters is 1. The summed E-state index contributed by atoms with van der Waals surface area (Å²) >= 11 is 0. The molecule has 3 unspecified atom stereocenters. The maximum absolute atomic E-state index is 11.7. The Hall–Kier alpha value is -0.440. The third-order valence-corrected chi connectivity index (χ3v) is 3.33. The van der Waals surface area contributed by atoms with E-state index in [1.54, 1.807) is 0 Å². The van der Waals surface area contributed by atoms with Gasteiger partial charge in [-0.15, -0.1) is 0 Å². The summed E-state index contributed by atoms with van der Waals surface area (Å²) in [5.74, 6) is -0.146. The lowest BCUT2D eigenvalue weighted by molar-refractivity contribution is -0.149. The summed E-state index contributed by atoms with van der Waals surface area (Å²) in [7, 11) is 4.20. The van der Waals surface area contributed by atoms with Gasteiger partial charge in [-0.1, -0.05) is 12.8 Å². The Morgan fingerprint density at radius 1 is 1.28 bits per heavy atom. The van der Waals surface area contributed by atoms with E-state index < -0.39 is 0 Å². The minimum atomic E-state index is -0.357. The molecule has 104 valence electrons. The van der Waals surface area contributed by atoms with Gasteiger partial charge in [0.1, 0.15) is 6.61 Å². The number of nitrogens with one attached hydrogen (secondary N) is 2. The maximum atomic E-state index is 11.7. The Bertz CT molecular complexity index is 285. The molecule has 0 aromatic heterocycles. The topological polar surface area (TPSA) is 76.7 Å². The van der Waals surface area contributed by atoms with Gasteiger partial charge in [0.15, 0.2) is 0 Å². The standard InChI is InChI=1S/C10H20N2O4P2/c13-9(7-3-1-2-4-7)15-5-8(6-16-18)11-10(14)12-17/h7-8H,1-6,17-18H2,(H2,11,12,14). The molecule has 0 radical (unpaired) electrons. The van der Waals surface area contributed by atoms with Crippen molar-refractivity contribution in [2.45, 2.75) is 31.7 Å². The summed E-state index contributed by atoms with van der Waals surface area (Å²) in [6.07, 6.45) is 3.99. The number of rotatable bonds is 6. The molecule has 1 aliphatic rings. The molecule has 6 nitrogen and oxygen atoms in total. The van der Waals surface area contributed by atoms with Gasteiger partial charge < -0.3 is 19.7 Å². The van der Waals surface area contributed by atoms with Gasteiger partial charge in [-0.2, -0.15) is 0 Å². The van der Waals surface area contributed by atoms with Gasteiger partial charge >= 0.3 is 12.0 Å². The van der Waals surface area contributed by atoms with Crippen LogP contribution < -0.4 is 10.4 Å². The molecule has 3 atom stereocenters. The fourth-order valence-corrected chi connectivity index (χ4v) is 2.25. The SMILES string of the molecule is O=C(NP)NC(COP)COC(=O)C1CCCC1. The summed E-state index contributed by atoms with van der Waals surface area (Å²) in [4.78, 5) is 22.9. The lowest BCUT2D eigenvalue weighted by atomic mass is 10.1. The molecule has 1 fully saturated rings. The van der Waals surface area contributed by atoms with Crippen LogP contribution in [0.5, 0.6) is 0 Å². The van der Waals surface area contributed by atoms with Crippen LogP contribution in [0, 0.1) is 5.92 Å². The first-order chi connectivity index (χ1) is 8.67. The number of amides is 2. The summed E-state index contributed by atoms with van der Waals surface area (Å²) < 4.78 is 10.1. The zero-order chi connectivity index (χ0) is 13.4. The fraction of sp³-hybridized carbons (Fsp3) is 0.800. The highest BCUT2D eigenvalue weighted by Gasteiger charge is 2.25. The first kappa shape index (κ1) is 15.6. The summed E-state index contributed by atoms with van der Waals surface area (Å²) in [5, 5.41) is 4.99. The van der Waals surface area contributed by atoms with Crippen LogP contribution in [0.15, 0.2) is 0 Å². The second kappa shape index (κ2) is 8.63. The molecule has 1 aliphatic carbocycles. The van der Waals surface area contributed by atoms with Crippen LogP contribution in [-0.2, 0) is 14.1 Å². The molecule has 1 saturated carbocycles. The number of urea groups is 1. The molecule has 0 aliphatic heterocycles. The van der Waals surface area contributed by atoms with Crippen LogP contribution in [-0.4, -0.2) is 31.3 Å². The van der Waals surface area contributed by atoms with E-state index in [1.807, 2.05) is 0 Å². The van der Waals surface area contributed by atoms with Crippen LogP contribution >= 0.6 is 18.9 Å². The summed E-state index contributed by atoms with van der Waals surface area (Å²) in [5.41, 5.74) is 0. The van der Waals surface area contributed by atoms with Crippen LogP contribution in [0.25, 0.3) is 0 Å². The summed E-state index contributed by atoms with van der Waals surface area (Å²) in [6, 6.07) is -0.711. The minimum absolute atomic E-state index is 0.0260. The van der Waals surface area contributed by atoms with Gasteiger partial charge in [0.05, 0.1) is 18.6 Å². The third-order valence-electron chi connectivity index (χ3n) is 2.88. The van der Waals surface area contributed by atoms with Crippen molar-refractivity contribution in [2.24, 2.45) is 5.92 Å². The van der Waals surface area contributed by atoms with Crippen molar-refractivity contribution in [1.82, 2.24) is 10.4 Å². The molecule has 2 amide bonds. The smallest absolute Gasteiger partial charge is 0.318 e. The normalized spacial score (nSPS) is 17.2. The predicted molar refractivity (Wildman–Crippen MR) is 73.7 cm³/mol. The lowest BCUT2D eigenvalue weighted by Crippen LogP contribution is -2.44. The molecule has 0 aromatic rings. The van der Waals surface area contributed by atoms with Gasteiger partial charge in [-0.05, 0) is 22.2 Å². The van der Waals surface area contributed by atoms with Crippen molar-refractivity contribution in [1.29, 1.82) is 0 Å². The average molecular weight is 294 g/mol. The highest BCUT2D eigenvalue weighted by atomic mass is 31.0. The average Bonchev–Trinajstić information content (AvgIpc) is 2.89. The lowest BCUT2D eigenvalue weighted by Gasteiger charge is -2.18. The van der Waals surface area contributed by atoms with Crippen molar-refractivity contribution in [2.75, 3.05) is 13.2 Å². The number of carbonyl (C=O) groups excluding carboxylic acids is 2. The van der Waals surface area contributed by atoms with Gasteiger partial charge in [-0.25, -0.2) is 4.79 Å². The molecule has 2 N–H and O–H groups in total. The van der Waals surface area contributed by atoms with Gasteiger partial charge in [0.25, 0.3) is 0 Å². The van der Waals surface area contributed by atoms with Crippen molar-refractivity contribution in [3.05, 3.63) is 0 Å². The second-order valence-electron chi connectivity index (χ2n) is 4.26. The Morgan fingerprint density at radius 3 is 2.50 bits per heavy atom. The highest BCUT2D eigenvalue weighted by Crippen LogP contribution is 2.25. The zero-order valence-electron chi connectivity index (χ0n) is 10.2.